The zero-order valence-corrected chi connectivity index (χ0v) is 12.2. The van der Waals surface area contributed by atoms with Crippen LogP contribution in [0.25, 0.3) is 0 Å². The predicted octanol–water partition coefficient (Wildman–Crippen LogP) is 3.21. The molecule has 2 rings (SSSR count). The van der Waals surface area contributed by atoms with Crippen molar-refractivity contribution in [2.45, 2.75) is 45.6 Å². The number of ether oxygens (including phenoxy) is 1. The molecule has 1 aromatic heterocycles. The molecule has 0 aromatic carbocycles. The molecule has 5 nitrogen and oxygen atoms in total. The highest BCUT2D eigenvalue weighted by molar-refractivity contribution is 6.30. The van der Waals surface area contributed by atoms with Gasteiger partial charge in [0.05, 0.1) is 0 Å². The molecule has 0 bridgehead atoms. The lowest BCUT2D eigenvalue weighted by molar-refractivity contribution is 0.0579. The van der Waals surface area contributed by atoms with Crippen LogP contribution < -0.4 is 4.90 Å². The molecule has 0 radical (unpaired) electrons. The monoisotopic (exact) mass is 283 g/mol. The Morgan fingerprint density at radius 1 is 1.37 bits per heavy atom. The second-order valence-corrected chi connectivity index (χ2v) is 5.91. The smallest absolute Gasteiger partial charge is 0.416 e. The Morgan fingerprint density at radius 2 is 2.11 bits per heavy atom. The summed E-state index contributed by atoms with van der Waals surface area (Å²) in [6, 6.07) is 0. The SMILES string of the molecule is CC(C)(C)OC(=O)N1CCCCc2c(Cl)ncnc21. The van der Waals surface area contributed by atoms with E-state index in [4.69, 9.17) is 16.3 Å². The number of rotatable bonds is 0. The topological polar surface area (TPSA) is 55.3 Å². The largest absolute Gasteiger partial charge is 0.443 e. The molecule has 1 aromatic rings. The fourth-order valence-electron chi connectivity index (χ4n) is 2.00. The summed E-state index contributed by atoms with van der Waals surface area (Å²) < 4.78 is 5.41. The molecule has 0 N–H and O–H groups in total. The summed E-state index contributed by atoms with van der Waals surface area (Å²) in [6.07, 6.45) is 3.63. The highest BCUT2D eigenvalue weighted by atomic mass is 35.5. The van der Waals surface area contributed by atoms with Crippen LogP contribution in [-0.4, -0.2) is 28.2 Å². The summed E-state index contributed by atoms with van der Waals surface area (Å²) in [5.74, 6) is 0.576. The number of amides is 1. The number of anilines is 1. The molecule has 19 heavy (non-hydrogen) atoms. The molecular weight excluding hydrogens is 266 g/mol. The van der Waals surface area contributed by atoms with Crippen molar-refractivity contribution in [2.75, 3.05) is 11.4 Å². The Labute approximate surface area is 117 Å². The number of halogens is 1. The second kappa shape index (κ2) is 5.33. The van der Waals surface area contributed by atoms with Gasteiger partial charge in [0, 0.05) is 12.1 Å². The molecule has 6 heteroatoms. The molecule has 2 heterocycles. The van der Waals surface area contributed by atoms with Crippen LogP contribution in [0.4, 0.5) is 10.6 Å². The zero-order valence-electron chi connectivity index (χ0n) is 11.4. The van der Waals surface area contributed by atoms with Crippen LogP contribution in [-0.2, 0) is 11.2 Å². The van der Waals surface area contributed by atoms with Crippen molar-refractivity contribution in [2.24, 2.45) is 0 Å². The molecule has 0 spiro atoms. The third-order valence-corrected chi connectivity index (χ3v) is 3.12. The summed E-state index contributed by atoms with van der Waals surface area (Å²) in [6.45, 7) is 6.12. The molecule has 0 fully saturated rings. The standard InChI is InChI=1S/C13H18ClN3O2/c1-13(2,3)19-12(18)17-7-5-4-6-9-10(14)15-8-16-11(9)17/h8H,4-7H2,1-3H3. The van der Waals surface area contributed by atoms with E-state index in [0.717, 1.165) is 24.8 Å². The number of carbonyl (C=O) groups excluding carboxylic acids is 1. The second-order valence-electron chi connectivity index (χ2n) is 5.56. The van der Waals surface area contributed by atoms with Crippen LogP contribution in [0.5, 0.6) is 0 Å². The lowest BCUT2D eigenvalue weighted by Crippen LogP contribution is -2.38. The minimum Gasteiger partial charge on any atom is -0.443 e. The van der Waals surface area contributed by atoms with Gasteiger partial charge in [-0.15, -0.1) is 0 Å². The summed E-state index contributed by atoms with van der Waals surface area (Å²) in [5, 5.41) is 0.417. The van der Waals surface area contributed by atoms with E-state index in [2.05, 4.69) is 9.97 Å². The van der Waals surface area contributed by atoms with Crippen molar-refractivity contribution < 1.29 is 9.53 Å². The quantitative estimate of drug-likeness (QED) is 0.686. The number of hydrogen-bond donors (Lipinski definition) is 0. The minimum atomic E-state index is -0.527. The molecular formula is C13H18ClN3O2. The van der Waals surface area contributed by atoms with Gasteiger partial charge in [0.25, 0.3) is 0 Å². The fourth-order valence-corrected chi connectivity index (χ4v) is 2.22. The molecule has 0 aliphatic carbocycles. The predicted molar refractivity (Wildman–Crippen MR) is 73.6 cm³/mol. The van der Waals surface area contributed by atoms with Crippen molar-refractivity contribution in [1.29, 1.82) is 0 Å². The maximum absolute atomic E-state index is 12.2. The highest BCUT2D eigenvalue weighted by Gasteiger charge is 2.28. The maximum atomic E-state index is 12.2. The van der Waals surface area contributed by atoms with E-state index in [1.165, 1.54) is 6.33 Å². The van der Waals surface area contributed by atoms with Gasteiger partial charge >= 0.3 is 6.09 Å². The van der Waals surface area contributed by atoms with Crippen molar-refractivity contribution in [3.05, 3.63) is 17.0 Å². The van der Waals surface area contributed by atoms with Gasteiger partial charge in [-0.25, -0.2) is 14.8 Å². The van der Waals surface area contributed by atoms with Crippen LogP contribution in [0.15, 0.2) is 6.33 Å². The Morgan fingerprint density at radius 3 is 2.79 bits per heavy atom. The van der Waals surface area contributed by atoms with Crippen LogP contribution >= 0.6 is 11.6 Å². The number of nitrogens with zero attached hydrogens (tertiary/aromatic N) is 3. The van der Waals surface area contributed by atoms with Crippen molar-refractivity contribution >= 4 is 23.5 Å². The molecule has 1 aliphatic heterocycles. The molecule has 104 valence electrons. The Balaban J connectivity index is 2.32. The number of hydrogen-bond acceptors (Lipinski definition) is 4. The van der Waals surface area contributed by atoms with Crippen molar-refractivity contribution in [3.63, 3.8) is 0 Å². The first kappa shape index (κ1) is 14.1. The van der Waals surface area contributed by atoms with Crippen LogP contribution in [0.2, 0.25) is 5.15 Å². The van der Waals surface area contributed by atoms with Gasteiger partial charge in [-0.1, -0.05) is 11.6 Å². The summed E-state index contributed by atoms with van der Waals surface area (Å²) >= 11 is 6.09. The molecule has 0 unspecified atom stereocenters. The highest BCUT2D eigenvalue weighted by Crippen LogP contribution is 2.29. The zero-order chi connectivity index (χ0) is 14.0. The Hall–Kier alpha value is -1.36. The number of aromatic nitrogens is 2. The van der Waals surface area contributed by atoms with Gasteiger partial charge in [0.1, 0.15) is 22.9 Å². The number of carbonyl (C=O) groups is 1. The number of fused-ring (bicyclic) bond motifs is 1. The normalized spacial score (nSPS) is 15.7. The van der Waals surface area contributed by atoms with Crippen LogP contribution in [0, 0.1) is 0 Å². The van der Waals surface area contributed by atoms with Crippen LogP contribution in [0.1, 0.15) is 39.2 Å². The van der Waals surface area contributed by atoms with E-state index in [1.54, 1.807) is 4.90 Å². The Kier molecular flexibility index (Phi) is 3.94. The summed E-state index contributed by atoms with van der Waals surface area (Å²) in [4.78, 5) is 22.0. The summed E-state index contributed by atoms with van der Waals surface area (Å²) in [5.41, 5.74) is 0.299. The molecule has 1 amide bonds. The van der Waals surface area contributed by atoms with Gasteiger partial charge in [0.2, 0.25) is 0 Å². The lowest BCUT2D eigenvalue weighted by Gasteiger charge is -2.26. The first-order valence-corrected chi connectivity index (χ1v) is 6.76. The van der Waals surface area contributed by atoms with E-state index >= 15 is 0 Å². The minimum absolute atomic E-state index is 0.384. The average Bonchev–Trinajstić information content (AvgIpc) is 2.50. The van der Waals surface area contributed by atoms with Crippen molar-refractivity contribution in [1.82, 2.24) is 9.97 Å². The summed E-state index contributed by atoms with van der Waals surface area (Å²) in [7, 11) is 0. The van der Waals surface area contributed by atoms with E-state index in [0.29, 0.717) is 17.5 Å². The van der Waals surface area contributed by atoms with Gasteiger partial charge < -0.3 is 4.74 Å². The van der Waals surface area contributed by atoms with E-state index in [1.807, 2.05) is 20.8 Å². The molecule has 0 atom stereocenters. The third-order valence-electron chi connectivity index (χ3n) is 2.80. The first-order valence-electron chi connectivity index (χ1n) is 6.38. The molecule has 1 aliphatic rings. The Bertz CT molecular complexity index is 485. The molecule has 0 saturated carbocycles. The van der Waals surface area contributed by atoms with Gasteiger partial charge in [0.15, 0.2) is 0 Å². The van der Waals surface area contributed by atoms with E-state index in [9.17, 15) is 4.79 Å². The van der Waals surface area contributed by atoms with E-state index in [-0.39, 0.29) is 6.09 Å². The average molecular weight is 284 g/mol. The fraction of sp³-hybridized carbons (Fsp3) is 0.615. The van der Waals surface area contributed by atoms with E-state index < -0.39 is 5.60 Å². The van der Waals surface area contributed by atoms with Gasteiger partial charge in [-0.2, -0.15) is 0 Å². The molecule has 0 saturated heterocycles. The first-order chi connectivity index (χ1) is 8.88. The maximum Gasteiger partial charge on any atom is 0.416 e. The van der Waals surface area contributed by atoms with Gasteiger partial charge in [-0.05, 0) is 40.0 Å². The third kappa shape index (κ3) is 3.35. The van der Waals surface area contributed by atoms with Crippen molar-refractivity contribution in [3.8, 4) is 0 Å². The van der Waals surface area contributed by atoms with Crippen LogP contribution in [0.3, 0.4) is 0 Å². The van der Waals surface area contributed by atoms with Gasteiger partial charge in [-0.3, -0.25) is 4.90 Å². The lowest BCUT2D eigenvalue weighted by atomic mass is 10.1.